The standard InChI is InChI=1S/C9H8BrN3/c10-7-2-1-3-8-11-12-9(13(7)8)6-4-5-6/h1-3,6H,4-5H2. The van der Waals surface area contributed by atoms with Crippen molar-refractivity contribution >= 4 is 21.6 Å². The molecule has 0 spiro atoms. The van der Waals surface area contributed by atoms with Gasteiger partial charge >= 0.3 is 0 Å². The van der Waals surface area contributed by atoms with Gasteiger partial charge in [-0.25, -0.2) is 0 Å². The third-order valence-electron chi connectivity index (χ3n) is 2.35. The minimum atomic E-state index is 0.633. The lowest BCUT2D eigenvalue weighted by Gasteiger charge is -1.99. The first kappa shape index (κ1) is 7.50. The lowest BCUT2D eigenvalue weighted by Crippen LogP contribution is -1.93. The summed E-state index contributed by atoms with van der Waals surface area (Å²) in [5.74, 6) is 1.73. The summed E-state index contributed by atoms with van der Waals surface area (Å²) in [6.45, 7) is 0. The average molecular weight is 238 g/mol. The highest BCUT2D eigenvalue weighted by Gasteiger charge is 2.28. The summed E-state index contributed by atoms with van der Waals surface area (Å²) in [5.41, 5.74) is 0.927. The van der Waals surface area contributed by atoms with E-state index in [4.69, 9.17) is 0 Å². The Labute approximate surface area is 83.9 Å². The van der Waals surface area contributed by atoms with E-state index in [-0.39, 0.29) is 0 Å². The maximum absolute atomic E-state index is 4.20. The molecule has 0 atom stereocenters. The average Bonchev–Trinajstić information content (AvgIpc) is 2.87. The number of hydrogen-bond donors (Lipinski definition) is 0. The minimum absolute atomic E-state index is 0.633. The highest BCUT2D eigenvalue weighted by Crippen LogP contribution is 2.39. The summed E-state index contributed by atoms with van der Waals surface area (Å²) in [5, 5.41) is 8.32. The van der Waals surface area contributed by atoms with Crippen molar-refractivity contribution in [3.8, 4) is 0 Å². The van der Waals surface area contributed by atoms with Crippen LogP contribution in [-0.4, -0.2) is 14.6 Å². The maximum Gasteiger partial charge on any atom is 0.161 e. The van der Waals surface area contributed by atoms with Gasteiger partial charge in [0.15, 0.2) is 5.65 Å². The Kier molecular flexibility index (Phi) is 1.47. The third-order valence-corrected chi connectivity index (χ3v) is 2.97. The van der Waals surface area contributed by atoms with E-state index >= 15 is 0 Å². The molecule has 1 saturated carbocycles. The molecular weight excluding hydrogens is 230 g/mol. The van der Waals surface area contributed by atoms with Gasteiger partial charge in [0, 0.05) is 5.92 Å². The zero-order valence-corrected chi connectivity index (χ0v) is 8.53. The lowest BCUT2D eigenvalue weighted by atomic mass is 10.4. The van der Waals surface area contributed by atoms with E-state index in [9.17, 15) is 0 Å². The van der Waals surface area contributed by atoms with Gasteiger partial charge in [0.2, 0.25) is 0 Å². The van der Waals surface area contributed by atoms with Crippen LogP contribution >= 0.6 is 15.9 Å². The normalized spacial score (nSPS) is 16.7. The fraction of sp³-hybridized carbons (Fsp3) is 0.333. The molecule has 0 saturated heterocycles. The van der Waals surface area contributed by atoms with E-state index in [0.717, 1.165) is 16.1 Å². The second-order valence-corrected chi connectivity index (χ2v) is 4.19. The molecule has 0 bridgehead atoms. The largest absolute Gasteiger partial charge is 0.273 e. The quantitative estimate of drug-likeness (QED) is 0.714. The first-order chi connectivity index (χ1) is 6.36. The predicted molar refractivity (Wildman–Crippen MR) is 52.7 cm³/mol. The summed E-state index contributed by atoms with van der Waals surface area (Å²) in [6, 6.07) is 5.97. The second-order valence-electron chi connectivity index (χ2n) is 3.37. The van der Waals surface area contributed by atoms with E-state index in [0.29, 0.717) is 5.92 Å². The van der Waals surface area contributed by atoms with Crippen molar-refractivity contribution in [2.75, 3.05) is 0 Å². The molecule has 2 aromatic rings. The van der Waals surface area contributed by atoms with Crippen LogP contribution < -0.4 is 0 Å². The lowest BCUT2D eigenvalue weighted by molar-refractivity contribution is 0.888. The Hall–Kier alpha value is -0.900. The highest BCUT2D eigenvalue weighted by atomic mass is 79.9. The molecule has 0 aliphatic heterocycles. The van der Waals surface area contributed by atoms with Crippen molar-refractivity contribution in [2.45, 2.75) is 18.8 Å². The monoisotopic (exact) mass is 237 g/mol. The van der Waals surface area contributed by atoms with Crippen LogP contribution in [0, 0.1) is 0 Å². The van der Waals surface area contributed by atoms with Gasteiger partial charge in [-0.15, -0.1) is 10.2 Å². The number of pyridine rings is 1. The molecule has 66 valence electrons. The fourth-order valence-electron chi connectivity index (χ4n) is 1.53. The van der Waals surface area contributed by atoms with Gasteiger partial charge in [-0.2, -0.15) is 0 Å². The molecule has 1 fully saturated rings. The number of halogens is 1. The van der Waals surface area contributed by atoms with Crippen LogP contribution in [0.1, 0.15) is 24.6 Å². The van der Waals surface area contributed by atoms with E-state index < -0.39 is 0 Å². The molecule has 0 aromatic carbocycles. The van der Waals surface area contributed by atoms with Gasteiger partial charge in [0.25, 0.3) is 0 Å². The topological polar surface area (TPSA) is 30.2 Å². The SMILES string of the molecule is Brc1cccc2nnc(C3CC3)n12. The van der Waals surface area contributed by atoms with Crippen molar-refractivity contribution in [3.05, 3.63) is 28.6 Å². The van der Waals surface area contributed by atoms with Crippen molar-refractivity contribution in [3.63, 3.8) is 0 Å². The van der Waals surface area contributed by atoms with Crippen LogP contribution in [0.4, 0.5) is 0 Å². The van der Waals surface area contributed by atoms with E-state index in [2.05, 4.69) is 30.5 Å². The molecule has 1 aliphatic carbocycles. The summed E-state index contributed by atoms with van der Waals surface area (Å²) in [4.78, 5) is 0. The van der Waals surface area contributed by atoms with Crippen LogP contribution in [0.25, 0.3) is 5.65 Å². The van der Waals surface area contributed by atoms with Crippen molar-refractivity contribution < 1.29 is 0 Å². The van der Waals surface area contributed by atoms with Gasteiger partial charge in [0.1, 0.15) is 5.82 Å². The van der Waals surface area contributed by atoms with Gasteiger partial charge in [0.05, 0.1) is 4.60 Å². The Morgan fingerprint density at radius 2 is 2.15 bits per heavy atom. The van der Waals surface area contributed by atoms with Gasteiger partial charge < -0.3 is 0 Å². The van der Waals surface area contributed by atoms with Crippen molar-refractivity contribution in [2.24, 2.45) is 0 Å². The molecule has 2 aromatic heterocycles. The van der Waals surface area contributed by atoms with Crippen LogP contribution in [0.15, 0.2) is 22.8 Å². The Morgan fingerprint density at radius 1 is 1.31 bits per heavy atom. The van der Waals surface area contributed by atoms with Crippen molar-refractivity contribution in [1.82, 2.24) is 14.6 Å². The third kappa shape index (κ3) is 1.09. The van der Waals surface area contributed by atoms with Crippen molar-refractivity contribution in [1.29, 1.82) is 0 Å². The van der Waals surface area contributed by atoms with E-state index in [1.165, 1.54) is 12.8 Å². The predicted octanol–water partition coefficient (Wildman–Crippen LogP) is 2.37. The van der Waals surface area contributed by atoms with Crippen LogP contribution in [-0.2, 0) is 0 Å². The molecule has 13 heavy (non-hydrogen) atoms. The van der Waals surface area contributed by atoms with E-state index in [1.807, 2.05) is 18.2 Å². The number of aromatic nitrogens is 3. The molecule has 1 aliphatic rings. The number of nitrogens with zero attached hydrogens (tertiary/aromatic N) is 3. The molecule has 0 amide bonds. The second kappa shape index (κ2) is 2.54. The summed E-state index contributed by atoms with van der Waals surface area (Å²) in [7, 11) is 0. The number of rotatable bonds is 1. The molecule has 0 radical (unpaired) electrons. The zero-order chi connectivity index (χ0) is 8.84. The molecule has 4 heteroatoms. The summed E-state index contributed by atoms with van der Waals surface area (Å²) >= 11 is 3.51. The first-order valence-electron chi connectivity index (χ1n) is 4.36. The van der Waals surface area contributed by atoms with Gasteiger partial charge in [-0.3, -0.25) is 4.40 Å². The fourth-order valence-corrected chi connectivity index (χ4v) is 2.05. The van der Waals surface area contributed by atoms with Crippen LogP contribution in [0.3, 0.4) is 0 Å². The number of hydrogen-bond acceptors (Lipinski definition) is 2. The zero-order valence-electron chi connectivity index (χ0n) is 6.94. The summed E-state index contributed by atoms with van der Waals surface area (Å²) < 4.78 is 3.12. The minimum Gasteiger partial charge on any atom is -0.273 e. The molecular formula is C9H8BrN3. The van der Waals surface area contributed by atoms with Crippen LogP contribution in [0.5, 0.6) is 0 Å². The highest BCUT2D eigenvalue weighted by molar-refractivity contribution is 9.10. The Balaban J connectivity index is 2.34. The molecule has 0 N–H and O–H groups in total. The smallest absolute Gasteiger partial charge is 0.161 e. The molecule has 2 heterocycles. The molecule has 0 unspecified atom stereocenters. The molecule has 3 rings (SSSR count). The Bertz CT molecular complexity index is 459. The summed E-state index contributed by atoms with van der Waals surface area (Å²) in [6.07, 6.45) is 2.50. The molecule has 3 nitrogen and oxygen atoms in total. The van der Waals surface area contributed by atoms with Gasteiger partial charge in [-0.05, 0) is 40.9 Å². The van der Waals surface area contributed by atoms with Gasteiger partial charge in [-0.1, -0.05) is 6.07 Å². The first-order valence-corrected chi connectivity index (χ1v) is 5.15. The van der Waals surface area contributed by atoms with E-state index in [1.54, 1.807) is 0 Å². The maximum atomic E-state index is 4.20. The van der Waals surface area contributed by atoms with Crippen LogP contribution in [0.2, 0.25) is 0 Å². The number of fused-ring (bicyclic) bond motifs is 1. The Morgan fingerprint density at radius 3 is 2.92 bits per heavy atom.